The van der Waals surface area contributed by atoms with Gasteiger partial charge in [0.15, 0.2) is 0 Å². The van der Waals surface area contributed by atoms with E-state index < -0.39 is 0 Å². The molecule has 1 unspecified atom stereocenters. The van der Waals surface area contributed by atoms with E-state index >= 15 is 0 Å². The van der Waals surface area contributed by atoms with Crippen LogP contribution < -0.4 is 34.4 Å². The molecule has 30 heavy (non-hydrogen) atoms. The van der Waals surface area contributed by atoms with Crippen LogP contribution >= 0.6 is 0 Å². The van der Waals surface area contributed by atoms with Crippen molar-refractivity contribution in [2.45, 2.75) is 110 Å². The van der Waals surface area contributed by atoms with Gasteiger partial charge in [-0.15, -0.1) is 0 Å². The van der Waals surface area contributed by atoms with Gasteiger partial charge < -0.3 is 34.4 Å². The highest BCUT2D eigenvalue weighted by Gasteiger charge is 1.97. The van der Waals surface area contributed by atoms with Crippen LogP contribution in [0, 0.1) is 5.92 Å². The van der Waals surface area contributed by atoms with Crippen LogP contribution in [0.15, 0.2) is 0 Å². The summed E-state index contributed by atoms with van der Waals surface area (Å²) in [5.74, 6) is 0.702. The Kier molecular flexibility index (Phi) is 41.4. The Morgan fingerprint density at radius 2 is 0.600 bits per heavy atom. The average Bonchev–Trinajstić information content (AvgIpc) is 2.77. The molecule has 0 amide bonds. The first-order valence-electron chi connectivity index (χ1n) is 12.8. The van der Waals surface area contributed by atoms with Gasteiger partial charge in [-0.2, -0.15) is 0 Å². The number of nitrogens with two attached hydrogens (primary N) is 6. The summed E-state index contributed by atoms with van der Waals surface area (Å²) in [5, 5.41) is 0. The van der Waals surface area contributed by atoms with Crippen molar-refractivity contribution >= 4 is 0 Å². The van der Waals surface area contributed by atoms with Crippen LogP contribution in [0.1, 0.15) is 110 Å². The predicted octanol–water partition coefficient (Wildman–Crippen LogP) is 3.59. The summed E-state index contributed by atoms with van der Waals surface area (Å²) in [6, 6.07) is 0. The molecular formula is C24H60N6. The van der Waals surface area contributed by atoms with Gasteiger partial charge in [-0.1, -0.05) is 71.1 Å². The lowest BCUT2D eigenvalue weighted by atomic mass is 10.0. The maximum absolute atomic E-state index is 5.49. The van der Waals surface area contributed by atoms with Crippen molar-refractivity contribution in [1.29, 1.82) is 0 Å². The first-order valence-corrected chi connectivity index (χ1v) is 12.8. The van der Waals surface area contributed by atoms with Crippen LogP contribution in [0.3, 0.4) is 0 Å². The summed E-state index contributed by atoms with van der Waals surface area (Å²) in [7, 11) is 0. The highest BCUT2D eigenvalue weighted by molar-refractivity contribution is 4.53. The van der Waals surface area contributed by atoms with Crippen LogP contribution in [0.4, 0.5) is 0 Å². The molecule has 0 aromatic heterocycles. The van der Waals surface area contributed by atoms with Crippen LogP contribution in [0.25, 0.3) is 0 Å². The zero-order chi connectivity index (χ0) is 23.1. The fourth-order valence-electron chi connectivity index (χ4n) is 2.92. The third-order valence-corrected chi connectivity index (χ3v) is 5.12. The van der Waals surface area contributed by atoms with Crippen molar-refractivity contribution < 1.29 is 0 Å². The van der Waals surface area contributed by atoms with Gasteiger partial charge in [0, 0.05) is 0 Å². The zero-order valence-corrected chi connectivity index (χ0v) is 20.6. The molecule has 0 bridgehead atoms. The van der Waals surface area contributed by atoms with E-state index in [-0.39, 0.29) is 0 Å². The molecule has 0 heterocycles. The smallest absolute Gasteiger partial charge is 0.00515 e. The second-order valence-corrected chi connectivity index (χ2v) is 8.38. The number of hydrogen-bond donors (Lipinski definition) is 6. The van der Waals surface area contributed by atoms with Crippen molar-refractivity contribution in [2.75, 3.05) is 39.3 Å². The van der Waals surface area contributed by atoms with Gasteiger partial charge >= 0.3 is 0 Å². The average molecular weight is 433 g/mol. The summed E-state index contributed by atoms with van der Waals surface area (Å²) in [6.45, 7) is 7.23. The predicted molar refractivity (Wildman–Crippen MR) is 137 cm³/mol. The quantitative estimate of drug-likeness (QED) is 0.161. The van der Waals surface area contributed by atoms with Gasteiger partial charge in [0.2, 0.25) is 0 Å². The van der Waals surface area contributed by atoms with Gasteiger partial charge in [0.05, 0.1) is 0 Å². The van der Waals surface area contributed by atoms with Crippen LogP contribution in [0.2, 0.25) is 0 Å². The number of hydrogen-bond acceptors (Lipinski definition) is 6. The van der Waals surface area contributed by atoms with E-state index in [0.717, 1.165) is 52.1 Å². The molecule has 0 aromatic carbocycles. The second-order valence-electron chi connectivity index (χ2n) is 8.38. The minimum absolute atomic E-state index is 0.702. The normalized spacial score (nSPS) is 11.3. The third-order valence-electron chi connectivity index (χ3n) is 5.12. The molecule has 6 nitrogen and oxygen atoms in total. The Bertz CT molecular complexity index is 240. The minimum atomic E-state index is 0.702. The molecule has 0 aliphatic rings. The van der Waals surface area contributed by atoms with Gasteiger partial charge in [0.25, 0.3) is 0 Å². The maximum atomic E-state index is 5.49. The Hall–Kier alpha value is -0.240. The van der Waals surface area contributed by atoms with Gasteiger partial charge in [-0.05, 0) is 83.7 Å². The SMILES string of the molecule is CC(CN)CCCCCCN.NCCCCCCCCCN.NCCCCCCN. The van der Waals surface area contributed by atoms with Crippen molar-refractivity contribution in [1.82, 2.24) is 0 Å². The van der Waals surface area contributed by atoms with Crippen LogP contribution in [-0.4, -0.2) is 39.3 Å². The highest BCUT2D eigenvalue weighted by Crippen LogP contribution is 2.08. The van der Waals surface area contributed by atoms with E-state index in [2.05, 4.69) is 6.92 Å². The summed E-state index contributed by atoms with van der Waals surface area (Å²) in [5.41, 5.74) is 32.2. The first-order chi connectivity index (χ1) is 14.6. The first kappa shape index (κ1) is 34.4. The molecule has 0 saturated carbocycles. The number of rotatable bonds is 20. The molecule has 0 saturated heterocycles. The molecule has 1 atom stereocenters. The van der Waals surface area contributed by atoms with Gasteiger partial charge in [-0.3, -0.25) is 0 Å². The molecule has 12 N–H and O–H groups in total. The summed E-state index contributed by atoms with van der Waals surface area (Å²) in [6.07, 6.45) is 20.2. The van der Waals surface area contributed by atoms with E-state index in [1.54, 1.807) is 0 Å². The van der Waals surface area contributed by atoms with E-state index in [0.29, 0.717) is 5.92 Å². The number of unbranched alkanes of at least 4 members (excludes halogenated alkanes) is 12. The van der Waals surface area contributed by atoms with Crippen molar-refractivity contribution in [3.05, 3.63) is 0 Å². The maximum Gasteiger partial charge on any atom is -0.00515 e. The lowest BCUT2D eigenvalue weighted by Crippen LogP contribution is -2.10. The molecule has 186 valence electrons. The van der Waals surface area contributed by atoms with Gasteiger partial charge in [0.1, 0.15) is 0 Å². The molecule has 0 rings (SSSR count). The Morgan fingerprint density at radius 3 is 0.833 bits per heavy atom. The van der Waals surface area contributed by atoms with E-state index in [1.165, 1.54) is 89.9 Å². The monoisotopic (exact) mass is 432 g/mol. The Balaban J connectivity index is -0.000000370. The third kappa shape index (κ3) is 42.0. The second kappa shape index (κ2) is 36.2. The molecule has 0 aliphatic carbocycles. The van der Waals surface area contributed by atoms with E-state index in [1.807, 2.05) is 0 Å². The Morgan fingerprint density at radius 1 is 0.367 bits per heavy atom. The molecule has 0 fully saturated rings. The standard InChI is InChI=1S/2C9H22N2.C6H16N2/c1-9(8-11)6-4-2-3-5-7-10;10-8-6-4-2-1-3-5-7-9-11;7-5-3-1-2-4-6-8/h9H,2-8,10-11H2,1H3;1-11H2;1-8H2. The topological polar surface area (TPSA) is 156 Å². The van der Waals surface area contributed by atoms with Crippen molar-refractivity contribution in [3.8, 4) is 0 Å². The minimum Gasteiger partial charge on any atom is -0.330 e. The van der Waals surface area contributed by atoms with E-state index in [4.69, 9.17) is 34.4 Å². The molecule has 6 heteroatoms. The lowest BCUT2D eigenvalue weighted by molar-refractivity contribution is 0.496. The van der Waals surface area contributed by atoms with Gasteiger partial charge in [-0.25, -0.2) is 0 Å². The molecule has 0 aromatic rings. The zero-order valence-electron chi connectivity index (χ0n) is 20.6. The lowest BCUT2D eigenvalue weighted by Gasteiger charge is -2.06. The van der Waals surface area contributed by atoms with Crippen LogP contribution in [-0.2, 0) is 0 Å². The van der Waals surface area contributed by atoms with E-state index in [9.17, 15) is 0 Å². The van der Waals surface area contributed by atoms with Crippen molar-refractivity contribution in [2.24, 2.45) is 40.3 Å². The Labute approximate surface area is 189 Å². The largest absolute Gasteiger partial charge is 0.330 e. The highest BCUT2D eigenvalue weighted by atomic mass is 14.5. The van der Waals surface area contributed by atoms with Crippen LogP contribution in [0.5, 0.6) is 0 Å². The molecule has 0 spiro atoms. The fourth-order valence-corrected chi connectivity index (χ4v) is 2.92. The summed E-state index contributed by atoms with van der Waals surface area (Å²) < 4.78 is 0. The van der Waals surface area contributed by atoms with Crippen molar-refractivity contribution in [3.63, 3.8) is 0 Å². The summed E-state index contributed by atoms with van der Waals surface area (Å²) in [4.78, 5) is 0. The molecular weight excluding hydrogens is 372 g/mol. The fraction of sp³-hybridized carbons (Fsp3) is 1.00. The molecule has 0 radical (unpaired) electrons. The summed E-state index contributed by atoms with van der Waals surface area (Å²) >= 11 is 0. The molecule has 0 aliphatic heterocycles.